The highest BCUT2D eigenvalue weighted by atomic mass is 16.5. The molecule has 17 heavy (non-hydrogen) atoms. The zero-order valence-corrected chi connectivity index (χ0v) is 10.4. The summed E-state index contributed by atoms with van der Waals surface area (Å²) < 4.78 is 10.9. The number of hydrogen-bond donors (Lipinski definition) is 1. The number of ether oxygens (including phenoxy) is 1. The van der Waals surface area contributed by atoms with Crippen molar-refractivity contribution >= 4 is 0 Å². The smallest absolute Gasteiger partial charge is 0.229 e. The van der Waals surface area contributed by atoms with E-state index in [1.807, 2.05) is 0 Å². The zero-order valence-electron chi connectivity index (χ0n) is 10.4. The fourth-order valence-corrected chi connectivity index (χ4v) is 2.00. The van der Waals surface area contributed by atoms with Gasteiger partial charge in [-0.3, -0.25) is 0 Å². The average molecular weight is 239 g/mol. The van der Waals surface area contributed by atoms with Gasteiger partial charge in [0.2, 0.25) is 5.89 Å². The lowest BCUT2D eigenvalue weighted by Gasteiger charge is -2.20. The Morgan fingerprint density at radius 3 is 3.06 bits per heavy atom. The van der Waals surface area contributed by atoms with E-state index in [4.69, 9.17) is 15.0 Å². The van der Waals surface area contributed by atoms with Crippen LogP contribution >= 0.6 is 0 Å². The second kappa shape index (κ2) is 6.12. The van der Waals surface area contributed by atoms with Crippen LogP contribution in [-0.4, -0.2) is 28.9 Å². The van der Waals surface area contributed by atoms with Crippen LogP contribution in [0.5, 0.6) is 0 Å². The monoisotopic (exact) mass is 239 g/mol. The lowest BCUT2D eigenvalue weighted by atomic mass is 10.1. The molecule has 0 bridgehead atoms. The Balaban J connectivity index is 1.84. The Bertz CT molecular complexity index is 334. The van der Waals surface area contributed by atoms with E-state index < -0.39 is 0 Å². The van der Waals surface area contributed by atoms with Gasteiger partial charge in [-0.15, -0.1) is 0 Å². The van der Waals surface area contributed by atoms with Gasteiger partial charge in [-0.25, -0.2) is 0 Å². The summed E-state index contributed by atoms with van der Waals surface area (Å²) in [5.74, 6) is 1.39. The molecule has 0 aromatic carbocycles. The first kappa shape index (κ1) is 12.5. The van der Waals surface area contributed by atoms with Gasteiger partial charge in [-0.1, -0.05) is 12.1 Å². The third-order valence-corrected chi connectivity index (χ3v) is 3.16. The molecule has 2 atom stereocenters. The number of hydrogen-bond acceptors (Lipinski definition) is 5. The molecule has 5 nitrogen and oxygen atoms in total. The van der Waals surface area contributed by atoms with Crippen molar-refractivity contribution in [1.29, 1.82) is 0 Å². The summed E-state index contributed by atoms with van der Waals surface area (Å²) >= 11 is 0. The summed E-state index contributed by atoms with van der Waals surface area (Å²) in [6.45, 7) is 2.91. The molecule has 96 valence electrons. The third-order valence-electron chi connectivity index (χ3n) is 3.16. The fraction of sp³-hybridized carbons (Fsp3) is 0.833. The van der Waals surface area contributed by atoms with Crippen LogP contribution in [0.25, 0.3) is 0 Å². The Morgan fingerprint density at radius 1 is 1.47 bits per heavy atom. The lowest BCUT2D eigenvalue weighted by molar-refractivity contribution is 0.0124. The highest BCUT2D eigenvalue weighted by molar-refractivity contribution is 4.91. The molecule has 2 unspecified atom stereocenters. The first-order valence-electron chi connectivity index (χ1n) is 6.46. The Labute approximate surface area is 102 Å². The first-order valence-corrected chi connectivity index (χ1v) is 6.46. The normalized spacial score (nSPS) is 22.6. The van der Waals surface area contributed by atoms with Gasteiger partial charge in [-0.2, -0.15) is 4.98 Å². The fourth-order valence-electron chi connectivity index (χ4n) is 2.00. The second-order valence-electron chi connectivity index (χ2n) is 4.67. The molecule has 1 saturated heterocycles. The van der Waals surface area contributed by atoms with Gasteiger partial charge in [0.1, 0.15) is 0 Å². The van der Waals surface area contributed by atoms with E-state index >= 15 is 0 Å². The van der Waals surface area contributed by atoms with Gasteiger partial charge in [0.25, 0.3) is 0 Å². The molecule has 1 fully saturated rings. The Kier molecular flexibility index (Phi) is 4.50. The summed E-state index contributed by atoms with van der Waals surface area (Å²) in [5.41, 5.74) is 5.85. The van der Waals surface area contributed by atoms with E-state index in [0.717, 1.165) is 32.3 Å². The van der Waals surface area contributed by atoms with Gasteiger partial charge in [0.05, 0.1) is 12.5 Å². The van der Waals surface area contributed by atoms with Crippen molar-refractivity contribution in [3.05, 3.63) is 11.7 Å². The molecule has 0 radical (unpaired) electrons. The second-order valence-corrected chi connectivity index (χ2v) is 4.67. The van der Waals surface area contributed by atoms with Crippen molar-refractivity contribution in [3.63, 3.8) is 0 Å². The van der Waals surface area contributed by atoms with Gasteiger partial charge in [0, 0.05) is 19.1 Å². The van der Waals surface area contributed by atoms with Crippen LogP contribution in [0, 0.1) is 0 Å². The highest BCUT2D eigenvalue weighted by Gasteiger charge is 2.18. The van der Waals surface area contributed by atoms with E-state index in [2.05, 4.69) is 17.1 Å². The van der Waals surface area contributed by atoms with Crippen molar-refractivity contribution in [2.24, 2.45) is 5.73 Å². The topological polar surface area (TPSA) is 74.2 Å². The zero-order chi connectivity index (χ0) is 12.1. The van der Waals surface area contributed by atoms with Crippen molar-refractivity contribution in [3.8, 4) is 0 Å². The molecular weight excluding hydrogens is 218 g/mol. The summed E-state index contributed by atoms with van der Waals surface area (Å²) in [6.07, 6.45) is 6.07. The Hall–Kier alpha value is -0.940. The summed E-state index contributed by atoms with van der Waals surface area (Å²) in [7, 11) is 0. The minimum atomic E-state index is 0.117. The van der Waals surface area contributed by atoms with Crippen LogP contribution in [0.15, 0.2) is 4.52 Å². The quantitative estimate of drug-likeness (QED) is 0.842. The molecule has 1 aromatic rings. The minimum absolute atomic E-state index is 0.117. The standard InChI is InChI=1S/C12H21N3O2/c1-2-9(13)7-11-14-12(17-15-11)8-10-5-3-4-6-16-10/h9-10H,2-8,13H2,1H3. The van der Waals surface area contributed by atoms with Crippen LogP contribution in [0.2, 0.25) is 0 Å². The predicted molar refractivity (Wildman–Crippen MR) is 63.6 cm³/mol. The summed E-state index contributed by atoms with van der Waals surface area (Å²) in [6, 6.07) is 0.117. The molecule has 2 rings (SSSR count). The number of rotatable bonds is 5. The maximum atomic E-state index is 5.85. The van der Waals surface area contributed by atoms with Crippen molar-refractivity contribution in [1.82, 2.24) is 10.1 Å². The number of nitrogens with two attached hydrogens (primary N) is 1. The van der Waals surface area contributed by atoms with E-state index in [9.17, 15) is 0 Å². The molecule has 1 aliphatic heterocycles. The van der Waals surface area contributed by atoms with Crippen LogP contribution in [0.1, 0.15) is 44.3 Å². The van der Waals surface area contributed by atoms with Crippen LogP contribution < -0.4 is 5.73 Å². The van der Waals surface area contributed by atoms with E-state index in [0.29, 0.717) is 18.1 Å². The molecule has 1 aromatic heterocycles. The lowest BCUT2D eigenvalue weighted by Crippen LogP contribution is -2.22. The van der Waals surface area contributed by atoms with Gasteiger partial charge < -0.3 is 15.0 Å². The van der Waals surface area contributed by atoms with Crippen molar-refractivity contribution < 1.29 is 9.26 Å². The van der Waals surface area contributed by atoms with E-state index in [1.54, 1.807) is 0 Å². The van der Waals surface area contributed by atoms with Gasteiger partial charge >= 0.3 is 0 Å². The molecule has 5 heteroatoms. The first-order chi connectivity index (χ1) is 8.28. The molecular formula is C12H21N3O2. The number of aromatic nitrogens is 2. The minimum Gasteiger partial charge on any atom is -0.378 e. The van der Waals surface area contributed by atoms with Crippen LogP contribution in [0.4, 0.5) is 0 Å². The van der Waals surface area contributed by atoms with Gasteiger partial charge in [0.15, 0.2) is 5.82 Å². The molecule has 0 saturated carbocycles. The van der Waals surface area contributed by atoms with Crippen molar-refractivity contribution in [2.75, 3.05) is 6.61 Å². The van der Waals surface area contributed by atoms with Gasteiger partial charge in [-0.05, 0) is 25.7 Å². The van der Waals surface area contributed by atoms with Crippen molar-refractivity contribution in [2.45, 2.75) is 57.6 Å². The molecule has 2 N–H and O–H groups in total. The Morgan fingerprint density at radius 2 is 2.35 bits per heavy atom. The highest BCUT2D eigenvalue weighted by Crippen LogP contribution is 2.16. The maximum Gasteiger partial charge on any atom is 0.229 e. The molecule has 0 aliphatic carbocycles. The molecule has 0 amide bonds. The van der Waals surface area contributed by atoms with Crippen LogP contribution in [0.3, 0.4) is 0 Å². The summed E-state index contributed by atoms with van der Waals surface area (Å²) in [5, 5.41) is 3.95. The number of nitrogens with zero attached hydrogens (tertiary/aromatic N) is 2. The largest absolute Gasteiger partial charge is 0.378 e. The van der Waals surface area contributed by atoms with Crippen LogP contribution in [-0.2, 0) is 17.6 Å². The average Bonchev–Trinajstić information content (AvgIpc) is 2.77. The molecule has 1 aliphatic rings. The summed E-state index contributed by atoms with van der Waals surface area (Å²) in [4.78, 5) is 4.35. The molecule has 2 heterocycles. The third kappa shape index (κ3) is 3.78. The predicted octanol–water partition coefficient (Wildman–Crippen LogP) is 1.46. The molecule has 0 spiro atoms. The van der Waals surface area contributed by atoms with E-state index in [1.165, 1.54) is 6.42 Å². The maximum absolute atomic E-state index is 5.85. The SMILES string of the molecule is CCC(N)Cc1noc(CC2CCCCO2)n1. The van der Waals surface area contributed by atoms with E-state index in [-0.39, 0.29) is 12.1 Å².